The molecule has 0 aromatic rings. The molecule has 162 valence electrons. The van der Waals surface area contributed by atoms with Crippen LogP contribution in [0.15, 0.2) is 0 Å². The average Bonchev–Trinajstić information content (AvgIpc) is 3.08. The number of hydrogen-bond acceptors (Lipinski definition) is 7. The molecule has 0 aromatic heterocycles. The summed E-state index contributed by atoms with van der Waals surface area (Å²) in [5.41, 5.74) is 15.7. The van der Waals surface area contributed by atoms with E-state index in [1.54, 1.807) is 0 Å². The van der Waals surface area contributed by atoms with Gasteiger partial charge in [-0.25, -0.2) is 0 Å². The number of carboxylic acid groups (broad SMARTS) is 1. The number of aliphatic carboxylic acids is 1. The van der Waals surface area contributed by atoms with E-state index in [0.29, 0.717) is 6.42 Å². The zero-order valence-electron chi connectivity index (χ0n) is 15.9. The van der Waals surface area contributed by atoms with E-state index in [2.05, 4.69) is 10.6 Å². The summed E-state index contributed by atoms with van der Waals surface area (Å²) >= 11 is 0. The molecule has 1 saturated heterocycles. The highest BCUT2D eigenvalue weighted by Gasteiger charge is 2.39. The second-order valence-electron chi connectivity index (χ2n) is 6.77. The van der Waals surface area contributed by atoms with Crippen LogP contribution < -0.4 is 27.8 Å². The smallest absolute Gasteiger partial charge is 0.325 e. The fraction of sp³-hybridized carbons (Fsp3) is 0.625. The van der Waals surface area contributed by atoms with Gasteiger partial charge in [-0.3, -0.25) is 28.8 Å². The van der Waals surface area contributed by atoms with Crippen LogP contribution in [0.25, 0.3) is 0 Å². The Morgan fingerprint density at radius 3 is 2.17 bits per heavy atom. The molecule has 13 heteroatoms. The van der Waals surface area contributed by atoms with Crippen LogP contribution in [0, 0.1) is 0 Å². The summed E-state index contributed by atoms with van der Waals surface area (Å²) in [6, 6.07) is -4.85. The number of rotatable bonds is 10. The molecule has 1 aliphatic rings. The van der Waals surface area contributed by atoms with Crippen LogP contribution in [-0.4, -0.2) is 76.2 Å². The van der Waals surface area contributed by atoms with Gasteiger partial charge in [0.25, 0.3) is 0 Å². The molecule has 9 N–H and O–H groups in total. The highest BCUT2D eigenvalue weighted by atomic mass is 16.4. The molecular formula is C16H26N6O7. The van der Waals surface area contributed by atoms with Crippen LogP contribution in [0.1, 0.15) is 32.6 Å². The number of hydrogen-bond donors (Lipinski definition) is 6. The van der Waals surface area contributed by atoms with E-state index in [4.69, 9.17) is 22.3 Å². The maximum Gasteiger partial charge on any atom is 0.325 e. The van der Waals surface area contributed by atoms with Crippen molar-refractivity contribution in [1.29, 1.82) is 0 Å². The van der Waals surface area contributed by atoms with Gasteiger partial charge in [-0.15, -0.1) is 0 Å². The number of carboxylic acids is 1. The van der Waals surface area contributed by atoms with Crippen molar-refractivity contribution >= 4 is 35.5 Å². The lowest BCUT2D eigenvalue weighted by Crippen LogP contribution is -2.57. The molecule has 0 spiro atoms. The molecule has 4 unspecified atom stereocenters. The van der Waals surface area contributed by atoms with Gasteiger partial charge in [-0.05, 0) is 19.8 Å². The van der Waals surface area contributed by atoms with Gasteiger partial charge in [-0.1, -0.05) is 0 Å². The molecule has 0 aliphatic carbocycles. The Bertz CT molecular complexity index is 697. The van der Waals surface area contributed by atoms with E-state index in [9.17, 15) is 28.8 Å². The third kappa shape index (κ3) is 7.03. The summed E-state index contributed by atoms with van der Waals surface area (Å²) in [5.74, 6) is -5.25. The van der Waals surface area contributed by atoms with E-state index in [1.165, 1.54) is 6.92 Å². The van der Waals surface area contributed by atoms with Crippen molar-refractivity contribution in [3.8, 4) is 0 Å². The third-order valence-electron chi connectivity index (χ3n) is 4.35. The SMILES string of the molecule is CC(NC(=O)C1CCCN1C(=O)C(CC(N)=O)NC(=O)C(N)CC(N)=O)C(=O)O. The number of carbonyl (C=O) groups is 6. The molecule has 1 aliphatic heterocycles. The molecule has 4 atom stereocenters. The van der Waals surface area contributed by atoms with Crippen molar-refractivity contribution in [3.05, 3.63) is 0 Å². The number of nitrogens with one attached hydrogen (secondary N) is 2. The van der Waals surface area contributed by atoms with E-state index in [1.807, 2.05) is 0 Å². The van der Waals surface area contributed by atoms with Crippen molar-refractivity contribution < 1.29 is 33.9 Å². The number of primary amides is 2. The Hall–Kier alpha value is -3.22. The lowest BCUT2D eigenvalue weighted by atomic mass is 10.1. The number of likely N-dealkylation sites (tertiary alicyclic amines) is 1. The van der Waals surface area contributed by atoms with E-state index in [0.717, 1.165) is 4.90 Å². The second kappa shape index (κ2) is 10.4. The first-order valence-electron chi connectivity index (χ1n) is 8.90. The van der Waals surface area contributed by atoms with E-state index in [-0.39, 0.29) is 13.0 Å². The van der Waals surface area contributed by atoms with Crippen LogP contribution in [0.5, 0.6) is 0 Å². The van der Waals surface area contributed by atoms with Crippen LogP contribution >= 0.6 is 0 Å². The first-order chi connectivity index (χ1) is 13.4. The summed E-state index contributed by atoms with van der Waals surface area (Å²) in [5, 5.41) is 13.5. The minimum Gasteiger partial charge on any atom is -0.480 e. The lowest BCUT2D eigenvalue weighted by molar-refractivity contribution is -0.145. The number of nitrogens with zero attached hydrogens (tertiary/aromatic N) is 1. The maximum absolute atomic E-state index is 12.9. The van der Waals surface area contributed by atoms with E-state index < -0.39 is 72.5 Å². The van der Waals surface area contributed by atoms with Gasteiger partial charge in [0.05, 0.1) is 18.9 Å². The average molecular weight is 414 g/mol. The van der Waals surface area contributed by atoms with Crippen LogP contribution in [0.4, 0.5) is 0 Å². The van der Waals surface area contributed by atoms with Gasteiger partial charge in [-0.2, -0.15) is 0 Å². The van der Waals surface area contributed by atoms with Crippen LogP contribution in [-0.2, 0) is 28.8 Å². The first kappa shape index (κ1) is 23.8. The number of carbonyl (C=O) groups excluding carboxylic acids is 5. The molecule has 0 aromatic carbocycles. The zero-order chi connectivity index (χ0) is 22.3. The van der Waals surface area contributed by atoms with Gasteiger partial charge in [0.1, 0.15) is 18.1 Å². The highest BCUT2D eigenvalue weighted by Crippen LogP contribution is 2.19. The van der Waals surface area contributed by atoms with Crippen molar-refractivity contribution in [2.24, 2.45) is 17.2 Å². The topological polar surface area (TPSA) is 228 Å². The minimum atomic E-state index is -1.40. The maximum atomic E-state index is 12.9. The summed E-state index contributed by atoms with van der Waals surface area (Å²) < 4.78 is 0. The van der Waals surface area contributed by atoms with Gasteiger partial charge >= 0.3 is 5.97 Å². The molecule has 0 bridgehead atoms. The summed E-state index contributed by atoms with van der Waals surface area (Å²) in [6.07, 6.45) is -0.276. The Balaban J connectivity index is 2.92. The second-order valence-corrected chi connectivity index (χ2v) is 6.77. The molecule has 0 radical (unpaired) electrons. The number of amides is 5. The Kier molecular flexibility index (Phi) is 8.51. The molecule has 1 fully saturated rings. The Morgan fingerprint density at radius 1 is 1.07 bits per heavy atom. The fourth-order valence-corrected chi connectivity index (χ4v) is 2.86. The molecule has 13 nitrogen and oxygen atoms in total. The van der Waals surface area contributed by atoms with Crippen molar-refractivity contribution in [2.45, 2.75) is 56.8 Å². The Labute approximate surface area is 166 Å². The van der Waals surface area contributed by atoms with Crippen molar-refractivity contribution in [3.63, 3.8) is 0 Å². The van der Waals surface area contributed by atoms with Gasteiger partial charge in [0.2, 0.25) is 29.5 Å². The molecule has 29 heavy (non-hydrogen) atoms. The molecular weight excluding hydrogens is 388 g/mol. The van der Waals surface area contributed by atoms with Crippen LogP contribution in [0.2, 0.25) is 0 Å². The third-order valence-corrected chi connectivity index (χ3v) is 4.35. The van der Waals surface area contributed by atoms with Gasteiger partial charge < -0.3 is 37.8 Å². The number of nitrogens with two attached hydrogens (primary N) is 3. The predicted octanol–water partition coefficient (Wildman–Crippen LogP) is -3.87. The fourth-order valence-electron chi connectivity index (χ4n) is 2.86. The van der Waals surface area contributed by atoms with Gasteiger partial charge in [0.15, 0.2) is 0 Å². The lowest BCUT2D eigenvalue weighted by Gasteiger charge is -2.29. The first-order valence-corrected chi connectivity index (χ1v) is 8.90. The normalized spacial score (nSPS) is 19.0. The Morgan fingerprint density at radius 2 is 1.66 bits per heavy atom. The van der Waals surface area contributed by atoms with Crippen molar-refractivity contribution in [1.82, 2.24) is 15.5 Å². The summed E-state index contributed by atoms with van der Waals surface area (Å²) in [7, 11) is 0. The van der Waals surface area contributed by atoms with Gasteiger partial charge in [0, 0.05) is 6.54 Å². The highest BCUT2D eigenvalue weighted by molar-refractivity contribution is 5.97. The zero-order valence-corrected chi connectivity index (χ0v) is 15.9. The minimum absolute atomic E-state index is 0.164. The quantitative estimate of drug-likeness (QED) is 0.207. The predicted molar refractivity (Wildman–Crippen MR) is 97.5 cm³/mol. The standard InChI is InChI=1S/C16H26N6O7/c1-7(16(28)29)20-14(26)10-3-2-4-22(10)15(27)9(6-12(19)24)21-13(25)8(17)5-11(18)23/h7-10H,2-6,17H2,1H3,(H2,18,23)(H2,19,24)(H,20,26)(H,21,25)(H,28,29). The van der Waals surface area contributed by atoms with Crippen molar-refractivity contribution in [2.75, 3.05) is 6.54 Å². The van der Waals surface area contributed by atoms with Crippen LogP contribution in [0.3, 0.4) is 0 Å². The summed E-state index contributed by atoms with van der Waals surface area (Å²) in [6.45, 7) is 1.44. The largest absolute Gasteiger partial charge is 0.480 e. The molecule has 1 heterocycles. The summed E-state index contributed by atoms with van der Waals surface area (Å²) in [4.78, 5) is 71.7. The van der Waals surface area contributed by atoms with E-state index >= 15 is 0 Å². The molecule has 1 rings (SSSR count). The molecule has 0 saturated carbocycles. The molecule has 5 amide bonds. The monoisotopic (exact) mass is 414 g/mol.